The van der Waals surface area contributed by atoms with Gasteiger partial charge in [-0.1, -0.05) is 13.3 Å². The van der Waals surface area contributed by atoms with Crippen LogP contribution in [0.1, 0.15) is 26.2 Å². The Hall–Kier alpha value is -1.75. The van der Waals surface area contributed by atoms with Gasteiger partial charge in [0.1, 0.15) is 5.75 Å². The van der Waals surface area contributed by atoms with Crippen molar-refractivity contribution in [3.63, 3.8) is 0 Å². The second-order valence-corrected chi connectivity index (χ2v) is 5.70. The van der Waals surface area contributed by atoms with Crippen LogP contribution in [0.3, 0.4) is 0 Å². The number of likely N-dealkylation sites (N-methyl/N-ethyl adjacent to an activating group) is 1. The van der Waals surface area contributed by atoms with Crippen molar-refractivity contribution in [1.82, 2.24) is 14.5 Å². The number of nitrogens with zero attached hydrogens (tertiary/aromatic N) is 2. The summed E-state index contributed by atoms with van der Waals surface area (Å²) < 4.78 is 7.14. The minimum absolute atomic E-state index is 0.0279. The first-order valence-electron chi connectivity index (χ1n) is 7.73. The standard InChI is InChI=1S/C16H23N3O2/c1-3-18-9-5-4-6-12(18)11-19-15-10-13(21-2)7-8-14(15)17-16(19)20/h7-8,10,12H,3-6,9,11H2,1-2H3,(H,17,20). The van der Waals surface area contributed by atoms with Crippen molar-refractivity contribution in [2.75, 3.05) is 20.2 Å². The molecule has 0 saturated carbocycles. The fraction of sp³-hybridized carbons (Fsp3) is 0.562. The van der Waals surface area contributed by atoms with Gasteiger partial charge < -0.3 is 9.72 Å². The fourth-order valence-corrected chi connectivity index (χ4v) is 3.33. The molecule has 0 spiro atoms. The van der Waals surface area contributed by atoms with Gasteiger partial charge in [-0.05, 0) is 38.1 Å². The Morgan fingerprint density at radius 2 is 2.24 bits per heavy atom. The summed E-state index contributed by atoms with van der Waals surface area (Å²) in [5.74, 6) is 0.784. The number of hydrogen-bond donors (Lipinski definition) is 1. The highest BCUT2D eigenvalue weighted by atomic mass is 16.5. The first kappa shape index (κ1) is 14.2. The Morgan fingerprint density at radius 3 is 3.00 bits per heavy atom. The Balaban J connectivity index is 1.95. The van der Waals surface area contributed by atoms with Crippen LogP contribution in [0.5, 0.6) is 5.75 Å². The molecule has 0 amide bonds. The summed E-state index contributed by atoms with van der Waals surface area (Å²) in [6.45, 7) is 5.13. The monoisotopic (exact) mass is 289 g/mol. The van der Waals surface area contributed by atoms with Crippen LogP contribution in [0.2, 0.25) is 0 Å². The first-order chi connectivity index (χ1) is 10.2. The molecule has 1 atom stereocenters. The molecule has 2 aromatic rings. The van der Waals surface area contributed by atoms with E-state index >= 15 is 0 Å². The van der Waals surface area contributed by atoms with Gasteiger partial charge in [0.25, 0.3) is 0 Å². The second kappa shape index (κ2) is 5.93. The van der Waals surface area contributed by atoms with Crippen LogP contribution >= 0.6 is 0 Å². The maximum Gasteiger partial charge on any atom is 0.326 e. The number of hydrogen-bond acceptors (Lipinski definition) is 3. The van der Waals surface area contributed by atoms with Crippen molar-refractivity contribution in [2.24, 2.45) is 0 Å². The molecule has 114 valence electrons. The third-order valence-corrected chi connectivity index (χ3v) is 4.53. The molecule has 1 aliphatic rings. The largest absolute Gasteiger partial charge is 0.497 e. The van der Waals surface area contributed by atoms with Crippen molar-refractivity contribution in [2.45, 2.75) is 38.8 Å². The molecule has 5 nitrogen and oxygen atoms in total. The molecule has 1 aliphatic heterocycles. The van der Waals surface area contributed by atoms with E-state index in [0.29, 0.717) is 6.04 Å². The lowest BCUT2D eigenvalue weighted by Crippen LogP contribution is -2.43. The molecule has 3 rings (SSSR count). The Morgan fingerprint density at radius 1 is 1.38 bits per heavy atom. The van der Waals surface area contributed by atoms with E-state index in [2.05, 4.69) is 16.8 Å². The van der Waals surface area contributed by atoms with E-state index in [1.165, 1.54) is 12.8 Å². The van der Waals surface area contributed by atoms with E-state index in [9.17, 15) is 4.79 Å². The van der Waals surface area contributed by atoms with E-state index in [1.54, 1.807) is 7.11 Å². The van der Waals surface area contributed by atoms with Gasteiger partial charge in [-0.2, -0.15) is 0 Å². The predicted octanol–water partition coefficient (Wildman–Crippen LogP) is 2.21. The molecule has 1 N–H and O–H groups in total. The molecule has 1 saturated heterocycles. The number of nitrogens with one attached hydrogen (secondary N) is 1. The Kier molecular flexibility index (Phi) is 4.01. The lowest BCUT2D eigenvalue weighted by atomic mass is 10.0. The molecule has 0 aliphatic carbocycles. The predicted molar refractivity (Wildman–Crippen MR) is 84.0 cm³/mol. The van der Waals surface area contributed by atoms with Crippen LogP contribution in [0, 0.1) is 0 Å². The van der Waals surface area contributed by atoms with Gasteiger partial charge in [-0.25, -0.2) is 4.79 Å². The molecule has 21 heavy (non-hydrogen) atoms. The maximum absolute atomic E-state index is 12.3. The van der Waals surface area contributed by atoms with Gasteiger partial charge in [0.15, 0.2) is 0 Å². The summed E-state index contributed by atoms with van der Waals surface area (Å²) >= 11 is 0. The van der Waals surface area contributed by atoms with Gasteiger partial charge in [-0.15, -0.1) is 0 Å². The molecular weight excluding hydrogens is 266 g/mol. The van der Waals surface area contributed by atoms with Crippen LogP contribution in [-0.2, 0) is 6.54 Å². The van der Waals surface area contributed by atoms with Gasteiger partial charge in [0, 0.05) is 18.7 Å². The summed E-state index contributed by atoms with van der Waals surface area (Å²) in [4.78, 5) is 17.7. The van der Waals surface area contributed by atoms with Crippen molar-refractivity contribution >= 4 is 11.0 Å². The zero-order chi connectivity index (χ0) is 14.8. The van der Waals surface area contributed by atoms with Crippen LogP contribution < -0.4 is 10.4 Å². The minimum atomic E-state index is -0.0279. The topological polar surface area (TPSA) is 50.3 Å². The minimum Gasteiger partial charge on any atom is -0.497 e. The molecule has 1 aromatic heterocycles. The molecular formula is C16H23N3O2. The number of ether oxygens (including phenoxy) is 1. The van der Waals surface area contributed by atoms with Crippen molar-refractivity contribution in [3.8, 4) is 5.75 Å². The average molecular weight is 289 g/mol. The quantitative estimate of drug-likeness (QED) is 0.939. The molecule has 5 heteroatoms. The first-order valence-corrected chi connectivity index (χ1v) is 7.73. The highest BCUT2D eigenvalue weighted by molar-refractivity contribution is 5.77. The number of piperidine rings is 1. The number of imidazole rings is 1. The van der Waals surface area contributed by atoms with Gasteiger partial charge in [0.2, 0.25) is 0 Å². The lowest BCUT2D eigenvalue weighted by molar-refractivity contribution is 0.140. The van der Waals surface area contributed by atoms with E-state index < -0.39 is 0 Å². The number of aromatic amines is 1. The average Bonchev–Trinajstić information content (AvgIpc) is 2.83. The third-order valence-electron chi connectivity index (χ3n) is 4.53. The summed E-state index contributed by atoms with van der Waals surface area (Å²) in [6, 6.07) is 6.17. The summed E-state index contributed by atoms with van der Waals surface area (Å²) in [5, 5.41) is 0. The van der Waals surface area contributed by atoms with Crippen LogP contribution in [-0.4, -0.2) is 40.7 Å². The lowest BCUT2D eigenvalue weighted by Gasteiger charge is -2.34. The Bertz CT molecular complexity index is 674. The molecule has 1 aromatic carbocycles. The number of methoxy groups -OCH3 is 1. The van der Waals surface area contributed by atoms with Crippen LogP contribution in [0.25, 0.3) is 11.0 Å². The van der Waals surface area contributed by atoms with Gasteiger partial charge >= 0.3 is 5.69 Å². The molecule has 0 bridgehead atoms. The highest BCUT2D eigenvalue weighted by Gasteiger charge is 2.22. The zero-order valence-corrected chi connectivity index (χ0v) is 12.8. The van der Waals surface area contributed by atoms with Crippen LogP contribution in [0.4, 0.5) is 0 Å². The van der Waals surface area contributed by atoms with E-state index in [0.717, 1.165) is 42.8 Å². The van der Waals surface area contributed by atoms with Crippen molar-refractivity contribution in [3.05, 3.63) is 28.7 Å². The second-order valence-electron chi connectivity index (χ2n) is 5.70. The van der Waals surface area contributed by atoms with E-state index in [1.807, 2.05) is 22.8 Å². The zero-order valence-electron chi connectivity index (χ0n) is 12.8. The number of rotatable bonds is 4. The number of fused-ring (bicyclic) bond motifs is 1. The molecule has 2 heterocycles. The maximum atomic E-state index is 12.3. The number of likely N-dealkylation sites (tertiary alicyclic amines) is 1. The third kappa shape index (κ3) is 2.70. The van der Waals surface area contributed by atoms with Crippen molar-refractivity contribution in [1.29, 1.82) is 0 Å². The summed E-state index contributed by atoms with van der Waals surface area (Å²) in [6.07, 6.45) is 3.68. The van der Waals surface area contributed by atoms with Gasteiger partial charge in [0.05, 0.1) is 18.1 Å². The van der Waals surface area contributed by atoms with E-state index in [-0.39, 0.29) is 5.69 Å². The fourth-order valence-electron chi connectivity index (χ4n) is 3.33. The molecule has 1 fully saturated rings. The molecule has 1 unspecified atom stereocenters. The number of aromatic nitrogens is 2. The van der Waals surface area contributed by atoms with E-state index in [4.69, 9.17) is 4.74 Å². The van der Waals surface area contributed by atoms with Crippen molar-refractivity contribution < 1.29 is 4.74 Å². The Labute approximate surface area is 124 Å². The summed E-state index contributed by atoms with van der Waals surface area (Å²) in [5.41, 5.74) is 1.78. The van der Waals surface area contributed by atoms with Crippen LogP contribution in [0.15, 0.2) is 23.0 Å². The number of benzene rings is 1. The van der Waals surface area contributed by atoms with Gasteiger partial charge in [-0.3, -0.25) is 9.47 Å². The summed E-state index contributed by atoms with van der Waals surface area (Å²) in [7, 11) is 1.65. The SMILES string of the molecule is CCN1CCCCC1Cn1c(=O)[nH]c2ccc(OC)cc21. The normalized spacial score (nSPS) is 20.0. The molecule has 0 radical (unpaired) electrons. The number of H-pyrrole nitrogens is 1. The smallest absolute Gasteiger partial charge is 0.326 e. The highest BCUT2D eigenvalue weighted by Crippen LogP contribution is 2.22.